The lowest BCUT2D eigenvalue weighted by molar-refractivity contribution is 0.189. The Morgan fingerprint density at radius 1 is 1.26 bits per heavy atom. The molecule has 1 rings (SSSR count). The third-order valence-corrected chi connectivity index (χ3v) is 3.32. The fraction of sp³-hybridized carbons (Fsp3) is 0.600. The van der Waals surface area contributed by atoms with E-state index >= 15 is 0 Å². The second-order valence-corrected chi connectivity index (χ2v) is 4.72. The van der Waals surface area contributed by atoms with E-state index in [1.807, 2.05) is 19.2 Å². The minimum absolute atomic E-state index is 0.0132. The van der Waals surface area contributed by atoms with E-state index in [2.05, 4.69) is 17.1 Å². The molecule has 0 heterocycles. The third-order valence-electron chi connectivity index (χ3n) is 3.32. The van der Waals surface area contributed by atoms with Gasteiger partial charge in [0.15, 0.2) is 0 Å². The first kappa shape index (κ1) is 16.1. The summed E-state index contributed by atoms with van der Waals surface area (Å²) in [6, 6.07) is 6.91. The molecule has 4 heteroatoms. The zero-order valence-electron chi connectivity index (χ0n) is 11.9. The number of nitrogens with zero attached hydrogens (tertiary/aromatic N) is 1. The molecule has 0 aromatic heterocycles. The molecule has 0 bridgehead atoms. The van der Waals surface area contributed by atoms with Gasteiger partial charge < -0.3 is 15.3 Å². The van der Waals surface area contributed by atoms with E-state index < -0.39 is 0 Å². The molecule has 0 aliphatic heterocycles. The smallest absolute Gasteiger partial charge is 0.127 e. The van der Waals surface area contributed by atoms with Crippen LogP contribution in [0.5, 0.6) is 0 Å². The van der Waals surface area contributed by atoms with Crippen LogP contribution in [0.15, 0.2) is 24.3 Å². The quantitative estimate of drug-likeness (QED) is 0.720. The van der Waals surface area contributed by atoms with Gasteiger partial charge >= 0.3 is 0 Å². The van der Waals surface area contributed by atoms with Gasteiger partial charge in [-0.1, -0.05) is 25.1 Å². The molecule has 2 N–H and O–H groups in total. The van der Waals surface area contributed by atoms with Crippen molar-refractivity contribution < 1.29 is 9.50 Å². The van der Waals surface area contributed by atoms with E-state index in [-0.39, 0.29) is 18.5 Å². The fourth-order valence-electron chi connectivity index (χ4n) is 2.32. The highest BCUT2D eigenvalue weighted by atomic mass is 19.1. The Balaban J connectivity index is 2.59. The highest BCUT2D eigenvalue weighted by Gasteiger charge is 2.14. The first-order valence-corrected chi connectivity index (χ1v) is 6.97. The Morgan fingerprint density at radius 3 is 2.58 bits per heavy atom. The van der Waals surface area contributed by atoms with Crippen molar-refractivity contribution in [3.05, 3.63) is 35.6 Å². The molecule has 0 fully saturated rings. The van der Waals surface area contributed by atoms with Crippen LogP contribution in [0.4, 0.5) is 4.39 Å². The van der Waals surface area contributed by atoms with Crippen molar-refractivity contribution >= 4 is 0 Å². The second-order valence-electron chi connectivity index (χ2n) is 4.72. The van der Waals surface area contributed by atoms with Gasteiger partial charge in [-0.2, -0.15) is 0 Å². The standard InChI is InChI=1S/C15H25FN2O/c1-3-9-18(11-12-19)10-8-15(17-2)13-6-4-5-7-14(13)16/h4-7,15,17,19H,3,8-12H2,1-2H3. The molecule has 19 heavy (non-hydrogen) atoms. The summed E-state index contributed by atoms with van der Waals surface area (Å²) in [7, 11) is 1.85. The third kappa shape index (κ3) is 5.27. The number of rotatable bonds is 9. The van der Waals surface area contributed by atoms with E-state index in [0.29, 0.717) is 12.1 Å². The van der Waals surface area contributed by atoms with Crippen LogP contribution >= 0.6 is 0 Å². The molecule has 0 aliphatic rings. The van der Waals surface area contributed by atoms with E-state index in [1.165, 1.54) is 6.07 Å². The number of aliphatic hydroxyl groups excluding tert-OH is 1. The molecule has 3 nitrogen and oxygen atoms in total. The fourth-order valence-corrected chi connectivity index (χ4v) is 2.32. The minimum Gasteiger partial charge on any atom is -0.395 e. The zero-order valence-corrected chi connectivity index (χ0v) is 11.9. The van der Waals surface area contributed by atoms with Crippen LogP contribution in [-0.2, 0) is 0 Å². The van der Waals surface area contributed by atoms with Crippen LogP contribution in [0.1, 0.15) is 31.4 Å². The van der Waals surface area contributed by atoms with Crippen molar-refractivity contribution in [3.8, 4) is 0 Å². The molecule has 108 valence electrons. The molecular formula is C15H25FN2O. The SMILES string of the molecule is CCCN(CCO)CCC(NC)c1ccccc1F. The Kier molecular flexibility index (Phi) is 7.63. The Morgan fingerprint density at radius 2 is 2.00 bits per heavy atom. The molecule has 0 saturated carbocycles. The number of hydrogen-bond donors (Lipinski definition) is 2. The minimum atomic E-state index is -0.161. The Bertz CT molecular complexity index is 354. The number of nitrogens with one attached hydrogen (secondary N) is 1. The summed E-state index contributed by atoms with van der Waals surface area (Å²) < 4.78 is 13.8. The summed E-state index contributed by atoms with van der Waals surface area (Å²) in [5.74, 6) is -0.161. The number of hydrogen-bond acceptors (Lipinski definition) is 3. The maximum Gasteiger partial charge on any atom is 0.127 e. The second kappa shape index (κ2) is 9.02. The number of halogens is 1. The molecule has 1 aromatic rings. The van der Waals surface area contributed by atoms with Crippen LogP contribution in [0.3, 0.4) is 0 Å². The molecule has 1 atom stereocenters. The predicted molar refractivity (Wildman–Crippen MR) is 76.6 cm³/mol. The summed E-state index contributed by atoms with van der Waals surface area (Å²) in [6.45, 7) is 4.80. The van der Waals surface area contributed by atoms with Crippen LogP contribution < -0.4 is 5.32 Å². The number of aliphatic hydroxyl groups is 1. The van der Waals surface area contributed by atoms with Crippen LogP contribution in [0.25, 0.3) is 0 Å². The van der Waals surface area contributed by atoms with Crippen molar-refractivity contribution in [3.63, 3.8) is 0 Å². The van der Waals surface area contributed by atoms with Gasteiger partial charge in [0.1, 0.15) is 5.82 Å². The average Bonchev–Trinajstić information content (AvgIpc) is 2.41. The van der Waals surface area contributed by atoms with Crippen molar-refractivity contribution in [1.29, 1.82) is 0 Å². The largest absolute Gasteiger partial charge is 0.395 e. The van der Waals surface area contributed by atoms with Crippen molar-refractivity contribution in [1.82, 2.24) is 10.2 Å². The van der Waals surface area contributed by atoms with Gasteiger partial charge in [-0.05, 0) is 32.5 Å². The first-order valence-electron chi connectivity index (χ1n) is 6.97. The van der Waals surface area contributed by atoms with Gasteiger partial charge in [-0.25, -0.2) is 4.39 Å². The maximum atomic E-state index is 13.8. The summed E-state index contributed by atoms with van der Waals surface area (Å²) in [5, 5.41) is 12.2. The van der Waals surface area contributed by atoms with Gasteiger partial charge in [-0.3, -0.25) is 0 Å². The number of benzene rings is 1. The monoisotopic (exact) mass is 268 g/mol. The molecule has 0 spiro atoms. The Hall–Kier alpha value is -0.970. The Labute approximate surface area is 115 Å². The molecule has 0 aliphatic carbocycles. The van der Waals surface area contributed by atoms with Crippen molar-refractivity contribution in [2.24, 2.45) is 0 Å². The molecular weight excluding hydrogens is 243 g/mol. The van der Waals surface area contributed by atoms with E-state index in [4.69, 9.17) is 5.11 Å². The van der Waals surface area contributed by atoms with E-state index in [9.17, 15) is 4.39 Å². The van der Waals surface area contributed by atoms with Gasteiger partial charge in [0.2, 0.25) is 0 Å². The van der Waals surface area contributed by atoms with Gasteiger partial charge in [0.05, 0.1) is 6.61 Å². The summed E-state index contributed by atoms with van der Waals surface area (Å²) in [6.07, 6.45) is 1.89. The highest BCUT2D eigenvalue weighted by molar-refractivity contribution is 5.21. The van der Waals surface area contributed by atoms with Crippen LogP contribution in [-0.4, -0.2) is 43.3 Å². The van der Waals surface area contributed by atoms with E-state index in [1.54, 1.807) is 6.07 Å². The van der Waals surface area contributed by atoms with Gasteiger partial charge in [-0.15, -0.1) is 0 Å². The topological polar surface area (TPSA) is 35.5 Å². The van der Waals surface area contributed by atoms with Crippen LogP contribution in [0.2, 0.25) is 0 Å². The zero-order chi connectivity index (χ0) is 14.1. The maximum absolute atomic E-state index is 13.8. The van der Waals surface area contributed by atoms with Gasteiger partial charge in [0, 0.05) is 24.7 Å². The summed E-state index contributed by atoms with van der Waals surface area (Å²) >= 11 is 0. The summed E-state index contributed by atoms with van der Waals surface area (Å²) in [5.41, 5.74) is 0.713. The first-order chi connectivity index (χ1) is 9.22. The predicted octanol–water partition coefficient (Wildman–Crippen LogP) is 2.18. The molecule has 0 radical (unpaired) electrons. The van der Waals surface area contributed by atoms with Crippen LogP contribution in [0, 0.1) is 5.82 Å². The lowest BCUT2D eigenvalue weighted by atomic mass is 10.0. The molecule has 0 saturated heterocycles. The average molecular weight is 268 g/mol. The van der Waals surface area contributed by atoms with Crippen molar-refractivity contribution in [2.75, 3.05) is 33.3 Å². The normalized spacial score (nSPS) is 12.9. The lowest BCUT2D eigenvalue weighted by Crippen LogP contribution is -2.31. The molecule has 1 aromatic carbocycles. The highest BCUT2D eigenvalue weighted by Crippen LogP contribution is 2.19. The molecule has 1 unspecified atom stereocenters. The van der Waals surface area contributed by atoms with Crippen molar-refractivity contribution in [2.45, 2.75) is 25.8 Å². The van der Waals surface area contributed by atoms with E-state index in [0.717, 1.165) is 25.9 Å². The summed E-state index contributed by atoms with van der Waals surface area (Å²) in [4.78, 5) is 2.21. The van der Waals surface area contributed by atoms with Gasteiger partial charge in [0.25, 0.3) is 0 Å². The lowest BCUT2D eigenvalue weighted by Gasteiger charge is -2.24. The molecule has 0 amide bonds.